The predicted octanol–water partition coefficient (Wildman–Crippen LogP) is 1.20. The van der Waals surface area contributed by atoms with Crippen molar-refractivity contribution in [3.63, 3.8) is 0 Å². The van der Waals surface area contributed by atoms with Crippen LogP contribution in [0.5, 0.6) is 0 Å². The van der Waals surface area contributed by atoms with Crippen molar-refractivity contribution in [1.82, 2.24) is 25.0 Å². The minimum atomic E-state index is -0.216. The van der Waals surface area contributed by atoms with Crippen molar-refractivity contribution in [2.24, 2.45) is 0 Å². The molecule has 2 heterocycles. The minimum absolute atomic E-state index is 0.216. The van der Waals surface area contributed by atoms with Crippen molar-refractivity contribution in [3.05, 3.63) is 28.8 Å². The van der Waals surface area contributed by atoms with Crippen LogP contribution in [-0.4, -0.2) is 25.0 Å². The van der Waals surface area contributed by atoms with Crippen LogP contribution in [-0.2, 0) is 6.54 Å². The normalized spacial score (nSPS) is 11.2. The molecule has 3 rings (SSSR count). The van der Waals surface area contributed by atoms with Gasteiger partial charge in [-0.2, -0.15) is 5.10 Å². The number of nitrogens with two attached hydrogens (primary N) is 1. The Morgan fingerprint density at radius 1 is 1.42 bits per heavy atom. The summed E-state index contributed by atoms with van der Waals surface area (Å²) in [6.45, 7) is 2.45. The Hall–Kier alpha value is -2.22. The molecule has 7 nitrogen and oxygen atoms in total. The van der Waals surface area contributed by atoms with Gasteiger partial charge in [0.15, 0.2) is 5.16 Å². The molecule has 0 spiro atoms. The average molecular weight is 276 g/mol. The van der Waals surface area contributed by atoms with E-state index in [9.17, 15) is 4.79 Å². The molecule has 8 heteroatoms. The largest absolute Gasteiger partial charge is 0.398 e. The van der Waals surface area contributed by atoms with Gasteiger partial charge in [-0.05, 0) is 30.8 Å². The molecule has 0 bridgehead atoms. The van der Waals surface area contributed by atoms with Crippen LogP contribution in [0.1, 0.15) is 6.92 Å². The first kappa shape index (κ1) is 11.8. The SMILES string of the molecule is CCn1c(Sc2cc3[nH]ncc3cc2N)n[nH]c1=O. The maximum Gasteiger partial charge on any atom is 0.343 e. The van der Waals surface area contributed by atoms with E-state index in [1.54, 1.807) is 10.8 Å². The number of anilines is 1. The Morgan fingerprint density at radius 3 is 3.05 bits per heavy atom. The number of hydrogen-bond donors (Lipinski definition) is 3. The fourth-order valence-electron chi connectivity index (χ4n) is 1.84. The molecular formula is C11H12N6OS. The second kappa shape index (κ2) is 4.47. The number of H-pyrrole nitrogens is 2. The molecule has 0 radical (unpaired) electrons. The van der Waals surface area contributed by atoms with E-state index in [-0.39, 0.29) is 5.69 Å². The molecule has 0 saturated heterocycles. The first-order valence-corrected chi connectivity index (χ1v) is 6.56. The number of benzene rings is 1. The van der Waals surface area contributed by atoms with Gasteiger partial charge in [0, 0.05) is 22.5 Å². The molecule has 0 fully saturated rings. The van der Waals surface area contributed by atoms with Crippen LogP contribution >= 0.6 is 11.8 Å². The van der Waals surface area contributed by atoms with Crippen molar-refractivity contribution in [2.45, 2.75) is 23.5 Å². The zero-order valence-corrected chi connectivity index (χ0v) is 11.0. The number of rotatable bonds is 3. The lowest BCUT2D eigenvalue weighted by Crippen LogP contribution is -2.16. The molecule has 4 N–H and O–H groups in total. The molecule has 0 aliphatic carbocycles. The summed E-state index contributed by atoms with van der Waals surface area (Å²) in [6, 6.07) is 3.75. The maximum atomic E-state index is 11.5. The zero-order chi connectivity index (χ0) is 13.4. The summed E-state index contributed by atoms with van der Waals surface area (Å²) < 4.78 is 1.56. The lowest BCUT2D eigenvalue weighted by Gasteiger charge is -2.05. The fourth-order valence-corrected chi connectivity index (χ4v) is 2.80. The summed E-state index contributed by atoms with van der Waals surface area (Å²) in [5.41, 5.74) is 7.32. The van der Waals surface area contributed by atoms with Gasteiger partial charge in [0.1, 0.15) is 0 Å². The molecule has 0 atom stereocenters. The monoisotopic (exact) mass is 276 g/mol. The van der Waals surface area contributed by atoms with E-state index in [2.05, 4.69) is 20.4 Å². The Kier molecular flexibility index (Phi) is 2.79. The number of aromatic amines is 2. The Labute approximate surface area is 112 Å². The van der Waals surface area contributed by atoms with E-state index >= 15 is 0 Å². The quantitative estimate of drug-likeness (QED) is 0.623. The summed E-state index contributed by atoms with van der Waals surface area (Å²) in [4.78, 5) is 12.3. The standard InChI is InChI=1S/C11H12N6OS/c1-2-17-10(18)15-16-11(17)19-9-4-8-6(3-7(9)12)5-13-14-8/h3-5H,2,12H2,1H3,(H,13,14)(H,15,18). The third-order valence-electron chi connectivity index (χ3n) is 2.81. The van der Waals surface area contributed by atoms with Gasteiger partial charge in [0.25, 0.3) is 0 Å². The number of hydrogen-bond acceptors (Lipinski definition) is 5. The number of nitrogens with one attached hydrogen (secondary N) is 2. The van der Waals surface area contributed by atoms with Crippen LogP contribution in [0.3, 0.4) is 0 Å². The number of aromatic nitrogens is 5. The van der Waals surface area contributed by atoms with Crippen molar-refractivity contribution < 1.29 is 0 Å². The molecule has 0 saturated carbocycles. The summed E-state index contributed by atoms with van der Waals surface area (Å²) >= 11 is 1.35. The highest BCUT2D eigenvalue weighted by Crippen LogP contribution is 2.32. The molecule has 0 unspecified atom stereocenters. The average Bonchev–Trinajstić information content (AvgIpc) is 2.96. The van der Waals surface area contributed by atoms with E-state index in [1.807, 2.05) is 19.1 Å². The van der Waals surface area contributed by atoms with E-state index in [0.29, 0.717) is 17.4 Å². The van der Waals surface area contributed by atoms with Crippen LogP contribution in [0, 0.1) is 0 Å². The molecule has 98 valence electrons. The molecular weight excluding hydrogens is 264 g/mol. The van der Waals surface area contributed by atoms with Crippen LogP contribution in [0.25, 0.3) is 10.9 Å². The van der Waals surface area contributed by atoms with E-state index in [4.69, 9.17) is 5.73 Å². The van der Waals surface area contributed by atoms with Crippen molar-refractivity contribution >= 4 is 28.4 Å². The highest BCUT2D eigenvalue weighted by atomic mass is 32.2. The van der Waals surface area contributed by atoms with E-state index in [0.717, 1.165) is 15.8 Å². The molecule has 0 aliphatic rings. The van der Waals surface area contributed by atoms with Crippen molar-refractivity contribution in [2.75, 3.05) is 5.73 Å². The van der Waals surface area contributed by atoms with Gasteiger partial charge >= 0.3 is 5.69 Å². The second-order valence-corrected chi connectivity index (χ2v) is 5.01. The molecule has 1 aromatic carbocycles. The molecule has 0 aliphatic heterocycles. The van der Waals surface area contributed by atoms with Crippen LogP contribution in [0.15, 0.2) is 33.2 Å². The first-order valence-electron chi connectivity index (χ1n) is 5.74. The van der Waals surface area contributed by atoms with Crippen LogP contribution in [0.4, 0.5) is 5.69 Å². The highest BCUT2D eigenvalue weighted by Gasteiger charge is 2.11. The van der Waals surface area contributed by atoms with Gasteiger partial charge in [0.05, 0.1) is 11.7 Å². The van der Waals surface area contributed by atoms with Gasteiger partial charge in [-0.1, -0.05) is 0 Å². The number of nitrogen functional groups attached to an aromatic ring is 1. The third kappa shape index (κ3) is 1.99. The zero-order valence-electron chi connectivity index (χ0n) is 10.2. The maximum absolute atomic E-state index is 11.5. The lowest BCUT2D eigenvalue weighted by atomic mass is 10.2. The van der Waals surface area contributed by atoms with Gasteiger partial charge < -0.3 is 5.73 Å². The van der Waals surface area contributed by atoms with Gasteiger partial charge in [-0.15, -0.1) is 5.10 Å². The Balaban J connectivity index is 2.04. The summed E-state index contributed by atoms with van der Waals surface area (Å²) in [6.07, 6.45) is 1.72. The van der Waals surface area contributed by atoms with Crippen LogP contribution in [0.2, 0.25) is 0 Å². The number of fused-ring (bicyclic) bond motifs is 1. The topological polar surface area (TPSA) is 105 Å². The molecule has 3 aromatic rings. The second-order valence-electron chi connectivity index (χ2n) is 4.00. The Morgan fingerprint density at radius 2 is 2.26 bits per heavy atom. The molecule has 0 amide bonds. The highest BCUT2D eigenvalue weighted by molar-refractivity contribution is 7.99. The van der Waals surface area contributed by atoms with Crippen molar-refractivity contribution in [3.8, 4) is 0 Å². The summed E-state index contributed by atoms with van der Waals surface area (Å²) in [5.74, 6) is 0. The summed E-state index contributed by atoms with van der Waals surface area (Å²) in [5, 5.41) is 14.8. The van der Waals surface area contributed by atoms with Crippen molar-refractivity contribution in [1.29, 1.82) is 0 Å². The van der Waals surface area contributed by atoms with Gasteiger partial charge in [0.2, 0.25) is 0 Å². The van der Waals surface area contributed by atoms with E-state index in [1.165, 1.54) is 11.8 Å². The smallest absolute Gasteiger partial charge is 0.343 e. The lowest BCUT2D eigenvalue weighted by molar-refractivity contribution is 0.660. The predicted molar refractivity (Wildman–Crippen MR) is 73.2 cm³/mol. The molecule has 2 aromatic heterocycles. The number of nitrogens with zero attached hydrogens (tertiary/aromatic N) is 3. The van der Waals surface area contributed by atoms with Gasteiger partial charge in [-0.3, -0.25) is 9.67 Å². The Bertz CT molecular complexity index is 786. The molecule has 19 heavy (non-hydrogen) atoms. The van der Waals surface area contributed by atoms with E-state index < -0.39 is 0 Å². The fraction of sp³-hybridized carbons (Fsp3) is 0.182. The third-order valence-corrected chi connectivity index (χ3v) is 3.88. The summed E-state index contributed by atoms with van der Waals surface area (Å²) in [7, 11) is 0. The van der Waals surface area contributed by atoms with Crippen LogP contribution < -0.4 is 11.4 Å². The minimum Gasteiger partial charge on any atom is -0.398 e. The van der Waals surface area contributed by atoms with Gasteiger partial charge in [-0.25, -0.2) is 9.89 Å². The first-order chi connectivity index (χ1) is 9.19.